The molecule has 0 aliphatic carbocycles. The van der Waals surface area contributed by atoms with Gasteiger partial charge in [0.05, 0.1) is 11.0 Å². The Morgan fingerprint density at radius 1 is 1.60 bits per heavy atom. The number of benzene rings is 1. The molecule has 80 valence electrons. The first-order valence-electron chi connectivity index (χ1n) is 4.38. The minimum absolute atomic E-state index is 0.267. The van der Waals surface area contributed by atoms with Gasteiger partial charge in [-0.25, -0.2) is 4.39 Å². The van der Waals surface area contributed by atoms with Crippen LogP contribution in [0.15, 0.2) is 24.8 Å². The molecule has 0 unspecified atom stereocenters. The average molecular weight is 210 g/mol. The highest BCUT2D eigenvalue weighted by atomic mass is 19.1. The lowest BCUT2D eigenvalue weighted by Gasteiger charge is -2.05. The summed E-state index contributed by atoms with van der Waals surface area (Å²) in [6.45, 7) is 4.03. The van der Waals surface area contributed by atoms with Gasteiger partial charge in [0.2, 0.25) is 0 Å². The van der Waals surface area contributed by atoms with Gasteiger partial charge < -0.3 is 5.73 Å². The molecule has 0 aliphatic rings. The van der Waals surface area contributed by atoms with Gasteiger partial charge in [-0.15, -0.1) is 0 Å². The highest BCUT2D eigenvalue weighted by Crippen LogP contribution is 2.23. The van der Waals surface area contributed by atoms with Crippen LogP contribution in [0, 0.1) is 15.9 Å². The molecule has 0 spiro atoms. The molecule has 1 rings (SSSR count). The third-order valence-electron chi connectivity index (χ3n) is 1.99. The zero-order chi connectivity index (χ0) is 11.4. The number of halogens is 1. The molecule has 0 saturated heterocycles. The van der Waals surface area contributed by atoms with E-state index in [9.17, 15) is 14.5 Å². The molecule has 0 radical (unpaired) electrons. The second-order valence-corrected chi connectivity index (χ2v) is 3.06. The minimum Gasteiger partial charge on any atom is -0.330 e. The third-order valence-corrected chi connectivity index (χ3v) is 1.99. The maximum atomic E-state index is 13.4. The molecule has 0 aliphatic heterocycles. The molecule has 0 atom stereocenters. The van der Waals surface area contributed by atoms with Crippen LogP contribution in [0.25, 0.3) is 5.57 Å². The van der Waals surface area contributed by atoms with Crippen LogP contribution in [0.5, 0.6) is 0 Å². The number of hydrogen-bond acceptors (Lipinski definition) is 3. The van der Waals surface area contributed by atoms with Gasteiger partial charge in [0.1, 0.15) is 5.82 Å². The molecular weight excluding hydrogens is 199 g/mol. The molecule has 0 fully saturated rings. The topological polar surface area (TPSA) is 69.2 Å². The summed E-state index contributed by atoms with van der Waals surface area (Å²) >= 11 is 0. The molecular formula is C10H11FN2O2. The number of rotatable bonds is 4. The Morgan fingerprint density at radius 2 is 2.27 bits per heavy atom. The van der Waals surface area contributed by atoms with E-state index in [1.165, 1.54) is 12.1 Å². The molecule has 1 aromatic rings. The molecule has 0 bridgehead atoms. The van der Waals surface area contributed by atoms with E-state index in [0.717, 1.165) is 6.07 Å². The molecule has 0 saturated carbocycles. The normalized spacial score (nSPS) is 10.0. The summed E-state index contributed by atoms with van der Waals surface area (Å²) in [6, 6.07) is 3.49. The van der Waals surface area contributed by atoms with E-state index in [1.807, 2.05) is 0 Å². The Balaban J connectivity index is 3.03. The number of nitrogens with zero attached hydrogens (tertiary/aromatic N) is 1. The van der Waals surface area contributed by atoms with Crippen LogP contribution in [0.2, 0.25) is 0 Å². The van der Waals surface area contributed by atoms with Crippen molar-refractivity contribution in [2.45, 2.75) is 6.42 Å². The van der Waals surface area contributed by atoms with Crippen LogP contribution >= 0.6 is 0 Å². The zero-order valence-electron chi connectivity index (χ0n) is 8.07. The number of nitrogens with two attached hydrogens (primary N) is 1. The van der Waals surface area contributed by atoms with E-state index in [1.54, 1.807) is 0 Å². The molecule has 15 heavy (non-hydrogen) atoms. The summed E-state index contributed by atoms with van der Waals surface area (Å²) in [7, 11) is 0. The summed E-state index contributed by atoms with van der Waals surface area (Å²) in [5.41, 5.74) is 5.87. The Morgan fingerprint density at radius 3 is 2.73 bits per heavy atom. The number of non-ortho nitro benzene ring substituents is 1. The lowest BCUT2D eigenvalue weighted by Crippen LogP contribution is -2.01. The van der Waals surface area contributed by atoms with E-state index < -0.39 is 10.7 Å². The largest absolute Gasteiger partial charge is 0.330 e. The smallest absolute Gasteiger partial charge is 0.272 e. The Labute approximate surface area is 86.4 Å². The predicted octanol–water partition coefficient (Wildman–Crippen LogP) is 2.10. The van der Waals surface area contributed by atoms with Gasteiger partial charge in [-0.1, -0.05) is 6.58 Å². The summed E-state index contributed by atoms with van der Waals surface area (Å²) in [5.74, 6) is -0.636. The minimum atomic E-state index is -0.640. The van der Waals surface area contributed by atoms with Crippen molar-refractivity contribution in [3.05, 3.63) is 46.3 Å². The monoisotopic (exact) mass is 210 g/mol. The van der Waals surface area contributed by atoms with Crippen LogP contribution in [0.3, 0.4) is 0 Å². The maximum Gasteiger partial charge on any atom is 0.272 e. The third kappa shape index (κ3) is 2.60. The average Bonchev–Trinajstić information content (AvgIpc) is 2.17. The van der Waals surface area contributed by atoms with Gasteiger partial charge >= 0.3 is 0 Å². The number of hydrogen-bond donors (Lipinski definition) is 1. The van der Waals surface area contributed by atoms with Crippen molar-refractivity contribution < 1.29 is 9.31 Å². The van der Waals surface area contributed by atoms with Crippen molar-refractivity contribution in [2.24, 2.45) is 5.73 Å². The first kappa shape index (κ1) is 11.3. The van der Waals surface area contributed by atoms with Crippen LogP contribution in [0.1, 0.15) is 12.0 Å². The van der Waals surface area contributed by atoms with Crippen molar-refractivity contribution in [1.29, 1.82) is 0 Å². The van der Waals surface area contributed by atoms with Crippen molar-refractivity contribution >= 4 is 11.3 Å². The standard InChI is InChI=1S/C10H11FN2O2/c1-7(4-5-12)9-3-2-8(13(14)15)6-10(9)11/h2-3,6H,1,4-5,12H2. The van der Waals surface area contributed by atoms with Gasteiger partial charge in [-0.05, 0) is 24.6 Å². The van der Waals surface area contributed by atoms with E-state index in [2.05, 4.69) is 6.58 Å². The summed E-state index contributed by atoms with van der Waals surface area (Å²) in [5, 5.41) is 10.4. The second-order valence-electron chi connectivity index (χ2n) is 3.06. The van der Waals surface area contributed by atoms with Gasteiger partial charge in [0.25, 0.3) is 5.69 Å². The molecule has 5 heteroatoms. The van der Waals surface area contributed by atoms with Crippen LogP contribution < -0.4 is 5.73 Å². The molecule has 1 aromatic carbocycles. The van der Waals surface area contributed by atoms with Crippen molar-refractivity contribution in [1.82, 2.24) is 0 Å². The van der Waals surface area contributed by atoms with E-state index in [4.69, 9.17) is 5.73 Å². The van der Waals surface area contributed by atoms with E-state index >= 15 is 0 Å². The highest BCUT2D eigenvalue weighted by molar-refractivity contribution is 5.65. The lowest BCUT2D eigenvalue weighted by atomic mass is 10.0. The summed E-state index contributed by atoms with van der Waals surface area (Å²) in [6.07, 6.45) is 0.467. The Kier molecular flexibility index (Phi) is 3.51. The van der Waals surface area contributed by atoms with Gasteiger partial charge in [-0.3, -0.25) is 10.1 Å². The highest BCUT2D eigenvalue weighted by Gasteiger charge is 2.11. The van der Waals surface area contributed by atoms with Crippen molar-refractivity contribution in [3.63, 3.8) is 0 Å². The van der Waals surface area contributed by atoms with Gasteiger partial charge in [-0.2, -0.15) is 0 Å². The molecule has 4 nitrogen and oxygen atoms in total. The molecule has 0 heterocycles. The fourth-order valence-electron chi connectivity index (χ4n) is 1.21. The fraction of sp³-hybridized carbons (Fsp3) is 0.200. The number of nitro groups is 1. The lowest BCUT2D eigenvalue weighted by molar-refractivity contribution is -0.385. The van der Waals surface area contributed by atoms with Gasteiger partial charge in [0.15, 0.2) is 0 Å². The first-order chi connectivity index (χ1) is 7.06. The quantitative estimate of drug-likeness (QED) is 0.611. The van der Waals surface area contributed by atoms with Crippen LogP contribution in [0.4, 0.5) is 10.1 Å². The van der Waals surface area contributed by atoms with Crippen LogP contribution in [-0.2, 0) is 0 Å². The molecule has 0 aromatic heterocycles. The maximum absolute atomic E-state index is 13.4. The second kappa shape index (κ2) is 4.65. The Hall–Kier alpha value is -1.75. The summed E-state index contributed by atoms with van der Waals surface area (Å²) < 4.78 is 13.4. The predicted molar refractivity (Wildman–Crippen MR) is 55.8 cm³/mol. The Bertz CT molecular complexity index is 404. The van der Waals surface area contributed by atoms with E-state index in [0.29, 0.717) is 18.5 Å². The van der Waals surface area contributed by atoms with Gasteiger partial charge in [0, 0.05) is 11.6 Å². The van der Waals surface area contributed by atoms with E-state index in [-0.39, 0.29) is 11.3 Å². The number of nitro benzene ring substituents is 1. The molecule has 2 N–H and O–H groups in total. The zero-order valence-corrected chi connectivity index (χ0v) is 8.07. The first-order valence-corrected chi connectivity index (χ1v) is 4.38. The molecule has 0 amide bonds. The van der Waals surface area contributed by atoms with Crippen LogP contribution in [-0.4, -0.2) is 11.5 Å². The van der Waals surface area contributed by atoms with Crippen molar-refractivity contribution in [3.8, 4) is 0 Å². The summed E-state index contributed by atoms with van der Waals surface area (Å²) in [4.78, 5) is 9.72. The van der Waals surface area contributed by atoms with Crippen molar-refractivity contribution in [2.75, 3.05) is 6.54 Å². The SMILES string of the molecule is C=C(CCN)c1ccc([N+](=O)[O-])cc1F. The fourth-order valence-corrected chi connectivity index (χ4v) is 1.21.